The Kier molecular flexibility index (Phi) is 3.65. The van der Waals surface area contributed by atoms with Crippen LogP contribution in [0.2, 0.25) is 0 Å². The zero-order chi connectivity index (χ0) is 15.8. The van der Waals surface area contributed by atoms with Gasteiger partial charge in [-0.05, 0) is 37.4 Å². The molecule has 4 nitrogen and oxygen atoms in total. The molecule has 4 rings (SSSR count). The van der Waals surface area contributed by atoms with Gasteiger partial charge in [-0.3, -0.25) is 4.57 Å². The van der Waals surface area contributed by atoms with E-state index in [0.29, 0.717) is 17.0 Å². The summed E-state index contributed by atoms with van der Waals surface area (Å²) in [6.07, 6.45) is 5.68. The van der Waals surface area contributed by atoms with E-state index in [0.717, 1.165) is 19.5 Å². The first kappa shape index (κ1) is 14.5. The SMILES string of the molecule is O=C(NC1CC2CCN(C2)C1)n1ccc(-c2ccccc2F)c1. The molecule has 23 heavy (non-hydrogen) atoms. The summed E-state index contributed by atoms with van der Waals surface area (Å²) in [5.41, 5.74) is 1.23. The second-order valence-electron chi connectivity index (χ2n) is 6.58. The number of rotatable bonds is 2. The lowest BCUT2D eigenvalue weighted by atomic mass is 9.97. The predicted octanol–water partition coefficient (Wildman–Crippen LogP) is 2.95. The normalized spacial score (nSPS) is 26.2. The van der Waals surface area contributed by atoms with Gasteiger partial charge in [-0.25, -0.2) is 9.18 Å². The molecule has 1 aromatic carbocycles. The highest BCUT2D eigenvalue weighted by molar-refractivity contribution is 5.79. The fourth-order valence-electron chi connectivity index (χ4n) is 3.79. The van der Waals surface area contributed by atoms with Crippen molar-refractivity contribution in [1.82, 2.24) is 14.8 Å². The number of nitrogens with one attached hydrogen (secondary N) is 1. The summed E-state index contributed by atoms with van der Waals surface area (Å²) >= 11 is 0. The van der Waals surface area contributed by atoms with Crippen LogP contribution in [0.4, 0.5) is 9.18 Å². The van der Waals surface area contributed by atoms with Crippen molar-refractivity contribution in [3.05, 3.63) is 48.5 Å². The van der Waals surface area contributed by atoms with E-state index in [1.807, 2.05) is 0 Å². The van der Waals surface area contributed by atoms with E-state index in [1.54, 1.807) is 36.7 Å². The van der Waals surface area contributed by atoms with Gasteiger partial charge in [-0.2, -0.15) is 0 Å². The average molecular weight is 313 g/mol. The second-order valence-corrected chi connectivity index (χ2v) is 6.58. The molecule has 1 aromatic heterocycles. The lowest BCUT2D eigenvalue weighted by Gasteiger charge is -2.30. The summed E-state index contributed by atoms with van der Waals surface area (Å²) in [5, 5.41) is 3.10. The largest absolute Gasteiger partial charge is 0.333 e. The van der Waals surface area contributed by atoms with Crippen LogP contribution in [-0.4, -0.2) is 41.2 Å². The molecule has 0 radical (unpaired) electrons. The van der Waals surface area contributed by atoms with Crippen molar-refractivity contribution in [2.24, 2.45) is 5.92 Å². The second kappa shape index (κ2) is 5.81. The van der Waals surface area contributed by atoms with Crippen LogP contribution in [0, 0.1) is 11.7 Å². The third kappa shape index (κ3) is 2.88. The van der Waals surface area contributed by atoms with Crippen molar-refractivity contribution in [1.29, 1.82) is 0 Å². The zero-order valence-electron chi connectivity index (χ0n) is 12.9. The molecule has 2 aliphatic rings. The highest BCUT2D eigenvalue weighted by Crippen LogP contribution is 2.27. The molecule has 5 heteroatoms. The maximum Gasteiger partial charge on any atom is 0.325 e. The molecular weight excluding hydrogens is 293 g/mol. The van der Waals surface area contributed by atoms with Gasteiger partial charge in [0.05, 0.1) is 0 Å². The van der Waals surface area contributed by atoms with Crippen molar-refractivity contribution >= 4 is 6.03 Å². The van der Waals surface area contributed by atoms with Gasteiger partial charge >= 0.3 is 6.03 Å². The van der Waals surface area contributed by atoms with Gasteiger partial charge in [0.1, 0.15) is 5.82 Å². The molecule has 3 heterocycles. The molecule has 1 amide bonds. The summed E-state index contributed by atoms with van der Waals surface area (Å²) < 4.78 is 15.3. The molecule has 2 aromatic rings. The maximum atomic E-state index is 13.8. The van der Waals surface area contributed by atoms with Crippen molar-refractivity contribution < 1.29 is 9.18 Å². The first-order valence-electron chi connectivity index (χ1n) is 8.15. The smallest absolute Gasteiger partial charge is 0.325 e. The molecule has 2 fully saturated rings. The minimum Gasteiger partial charge on any atom is -0.333 e. The first-order chi connectivity index (χ1) is 11.2. The third-order valence-corrected chi connectivity index (χ3v) is 4.91. The van der Waals surface area contributed by atoms with Crippen molar-refractivity contribution in [2.75, 3.05) is 19.6 Å². The van der Waals surface area contributed by atoms with Gasteiger partial charge in [0.15, 0.2) is 0 Å². The molecule has 120 valence electrons. The van der Waals surface area contributed by atoms with E-state index >= 15 is 0 Å². The van der Waals surface area contributed by atoms with Crippen molar-refractivity contribution in [2.45, 2.75) is 18.9 Å². The Morgan fingerprint density at radius 3 is 2.91 bits per heavy atom. The number of piperidine rings is 1. The number of halogens is 1. The number of carbonyl (C=O) groups is 1. The molecule has 0 aliphatic carbocycles. The van der Waals surface area contributed by atoms with Crippen LogP contribution < -0.4 is 5.32 Å². The molecule has 2 saturated heterocycles. The summed E-state index contributed by atoms with van der Waals surface area (Å²) in [6, 6.07) is 8.45. The number of hydrogen-bond acceptors (Lipinski definition) is 2. The fraction of sp³-hybridized carbons (Fsp3) is 0.389. The molecule has 0 spiro atoms. The van der Waals surface area contributed by atoms with Gasteiger partial charge in [0.25, 0.3) is 0 Å². The standard InChI is InChI=1S/C18H20FN3O/c19-17-4-2-1-3-16(17)14-6-8-22(11-14)18(23)20-15-9-13-5-7-21(10-13)12-15/h1-4,6,8,11,13,15H,5,7,9-10,12H2,(H,20,23). The molecule has 3 unspecified atom stereocenters. The average Bonchev–Trinajstić information content (AvgIpc) is 3.15. The Morgan fingerprint density at radius 2 is 2.09 bits per heavy atom. The summed E-state index contributed by atoms with van der Waals surface area (Å²) in [4.78, 5) is 14.8. The topological polar surface area (TPSA) is 37.3 Å². The molecule has 2 aliphatic heterocycles. The van der Waals surface area contributed by atoms with Crippen molar-refractivity contribution in [3.63, 3.8) is 0 Å². The van der Waals surface area contributed by atoms with E-state index in [2.05, 4.69) is 10.2 Å². The van der Waals surface area contributed by atoms with Gasteiger partial charge in [-0.1, -0.05) is 18.2 Å². The van der Waals surface area contributed by atoms with Gasteiger partial charge in [-0.15, -0.1) is 0 Å². The zero-order valence-corrected chi connectivity index (χ0v) is 12.9. The van der Waals surface area contributed by atoms with Crippen LogP contribution in [0.3, 0.4) is 0 Å². The van der Waals surface area contributed by atoms with Crippen LogP contribution in [0.25, 0.3) is 11.1 Å². The fourth-order valence-corrected chi connectivity index (χ4v) is 3.79. The summed E-state index contributed by atoms with van der Waals surface area (Å²) in [7, 11) is 0. The van der Waals surface area contributed by atoms with Gasteiger partial charge in [0, 0.05) is 42.7 Å². The van der Waals surface area contributed by atoms with Crippen LogP contribution >= 0.6 is 0 Å². The number of benzene rings is 1. The highest BCUT2D eigenvalue weighted by atomic mass is 19.1. The Hall–Kier alpha value is -2.14. The number of carbonyl (C=O) groups excluding carboxylic acids is 1. The van der Waals surface area contributed by atoms with Crippen molar-refractivity contribution in [3.8, 4) is 11.1 Å². The predicted molar refractivity (Wildman–Crippen MR) is 86.7 cm³/mol. The lowest BCUT2D eigenvalue weighted by molar-refractivity contribution is 0.206. The van der Waals surface area contributed by atoms with Gasteiger partial charge in [0.2, 0.25) is 0 Å². The highest BCUT2D eigenvalue weighted by Gasteiger charge is 2.33. The van der Waals surface area contributed by atoms with E-state index in [4.69, 9.17) is 0 Å². The minimum absolute atomic E-state index is 0.139. The Morgan fingerprint density at radius 1 is 1.22 bits per heavy atom. The quantitative estimate of drug-likeness (QED) is 0.925. The third-order valence-electron chi connectivity index (χ3n) is 4.91. The van der Waals surface area contributed by atoms with E-state index in [-0.39, 0.29) is 17.9 Å². The van der Waals surface area contributed by atoms with Crippen LogP contribution in [0.15, 0.2) is 42.7 Å². The minimum atomic E-state index is -0.276. The molecule has 2 bridgehead atoms. The molecule has 3 atom stereocenters. The summed E-state index contributed by atoms with van der Waals surface area (Å²) in [5.74, 6) is 0.440. The summed E-state index contributed by atoms with van der Waals surface area (Å²) in [6.45, 7) is 3.26. The van der Waals surface area contributed by atoms with Crippen LogP contribution in [-0.2, 0) is 0 Å². The number of amides is 1. The lowest BCUT2D eigenvalue weighted by Crippen LogP contribution is -2.47. The number of aromatic nitrogens is 1. The maximum absolute atomic E-state index is 13.8. The van der Waals surface area contributed by atoms with Crippen LogP contribution in [0.5, 0.6) is 0 Å². The Balaban J connectivity index is 1.46. The molecular formula is C18H20FN3O. The number of fused-ring (bicyclic) bond motifs is 2. The Bertz CT molecular complexity index is 715. The van der Waals surface area contributed by atoms with Gasteiger partial charge < -0.3 is 10.2 Å². The van der Waals surface area contributed by atoms with Crippen LogP contribution in [0.1, 0.15) is 12.8 Å². The monoisotopic (exact) mass is 313 g/mol. The number of hydrogen-bond donors (Lipinski definition) is 1. The number of nitrogens with zero attached hydrogens (tertiary/aromatic N) is 2. The van der Waals surface area contributed by atoms with E-state index in [9.17, 15) is 9.18 Å². The Labute approximate surface area is 134 Å². The van der Waals surface area contributed by atoms with E-state index in [1.165, 1.54) is 23.6 Å². The first-order valence-corrected chi connectivity index (χ1v) is 8.15. The molecule has 0 saturated carbocycles. The van der Waals surface area contributed by atoms with E-state index < -0.39 is 0 Å². The molecule has 1 N–H and O–H groups in total.